The summed E-state index contributed by atoms with van der Waals surface area (Å²) >= 11 is 3.53. The van der Waals surface area contributed by atoms with Crippen molar-refractivity contribution in [2.24, 2.45) is 0 Å². The van der Waals surface area contributed by atoms with Gasteiger partial charge in [0.05, 0.1) is 16.8 Å². The van der Waals surface area contributed by atoms with Crippen LogP contribution in [0.3, 0.4) is 0 Å². The smallest absolute Gasteiger partial charge is 0.282 e. The minimum absolute atomic E-state index is 0.0309. The number of hydrogen-bond acceptors (Lipinski definition) is 5. The first-order chi connectivity index (χ1) is 17.0. The van der Waals surface area contributed by atoms with Gasteiger partial charge in [0.15, 0.2) is 11.5 Å². The van der Waals surface area contributed by atoms with Crippen molar-refractivity contribution in [2.75, 3.05) is 24.8 Å². The van der Waals surface area contributed by atoms with E-state index in [0.29, 0.717) is 47.0 Å². The van der Waals surface area contributed by atoms with E-state index in [0.717, 1.165) is 5.75 Å². The lowest BCUT2D eigenvalue weighted by Crippen LogP contribution is -2.35. The Bertz CT molecular complexity index is 1240. The van der Waals surface area contributed by atoms with Crippen LogP contribution in [0.1, 0.15) is 18.1 Å². The second-order valence-electron chi connectivity index (χ2n) is 7.75. The van der Waals surface area contributed by atoms with Crippen LogP contribution in [-0.2, 0) is 9.59 Å². The number of benzene rings is 3. The van der Waals surface area contributed by atoms with Crippen LogP contribution in [0.4, 0.5) is 5.69 Å². The number of hydrazine groups is 1. The summed E-state index contributed by atoms with van der Waals surface area (Å²) in [4.78, 5) is 25.4. The molecule has 0 saturated carbocycles. The molecule has 0 bridgehead atoms. The lowest BCUT2D eigenvalue weighted by atomic mass is 10.1. The molecular formula is C27H25BrN2O5. The summed E-state index contributed by atoms with van der Waals surface area (Å²) in [5.74, 6) is 0.893. The van der Waals surface area contributed by atoms with Gasteiger partial charge in [0.25, 0.3) is 11.8 Å². The monoisotopic (exact) mass is 536 g/mol. The molecule has 1 aliphatic rings. The van der Waals surface area contributed by atoms with E-state index < -0.39 is 11.8 Å². The molecule has 0 unspecified atom stereocenters. The van der Waals surface area contributed by atoms with Gasteiger partial charge in [-0.1, -0.05) is 35.9 Å². The number of carbonyl (C=O) groups is 2. The highest BCUT2D eigenvalue weighted by Gasteiger charge is 2.34. The van der Waals surface area contributed by atoms with E-state index in [4.69, 9.17) is 14.2 Å². The molecule has 1 fully saturated rings. The zero-order valence-corrected chi connectivity index (χ0v) is 21.0. The number of nitrogens with zero attached hydrogens (tertiary/aromatic N) is 1. The number of halogens is 1. The predicted octanol–water partition coefficient (Wildman–Crippen LogP) is 5.08. The van der Waals surface area contributed by atoms with E-state index in [1.165, 1.54) is 16.6 Å². The summed E-state index contributed by atoms with van der Waals surface area (Å²) in [6, 6.07) is 20.3. The third-order valence-electron chi connectivity index (χ3n) is 5.17. The minimum atomic E-state index is -0.471. The molecule has 0 aromatic heterocycles. The molecule has 7 nitrogen and oxygen atoms in total. The fraction of sp³-hybridized carbons (Fsp3) is 0.185. The third-order valence-corrected chi connectivity index (χ3v) is 5.76. The van der Waals surface area contributed by atoms with E-state index >= 15 is 0 Å². The Morgan fingerprint density at radius 1 is 0.943 bits per heavy atom. The number of anilines is 1. The number of nitrogens with one attached hydrogen (secondary N) is 1. The Labute approximate surface area is 212 Å². The van der Waals surface area contributed by atoms with Gasteiger partial charge in [-0.3, -0.25) is 15.0 Å². The first-order valence-electron chi connectivity index (χ1n) is 11.2. The molecule has 8 heteroatoms. The van der Waals surface area contributed by atoms with Crippen LogP contribution in [0.2, 0.25) is 0 Å². The quantitative estimate of drug-likeness (QED) is 0.234. The second-order valence-corrected chi connectivity index (χ2v) is 8.60. The molecule has 35 heavy (non-hydrogen) atoms. The first kappa shape index (κ1) is 24.3. The van der Waals surface area contributed by atoms with Gasteiger partial charge in [0.1, 0.15) is 24.5 Å². The van der Waals surface area contributed by atoms with Gasteiger partial charge in [-0.05, 0) is 77.8 Å². The van der Waals surface area contributed by atoms with Crippen LogP contribution in [0, 0.1) is 6.92 Å². The zero-order chi connectivity index (χ0) is 24.8. The SMILES string of the molecule is CCOc1cc(C=C2C(=O)NN(c3ccccc3)C2=O)cc(Br)c1OCCOc1ccc(C)cc1. The average Bonchev–Trinajstić information content (AvgIpc) is 3.13. The first-order valence-corrected chi connectivity index (χ1v) is 12.0. The minimum Gasteiger partial charge on any atom is -0.490 e. The number of rotatable bonds is 9. The maximum atomic E-state index is 12.9. The maximum Gasteiger partial charge on any atom is 0.282 e. The Hall–Kier alpha value is -3.78. The van der Waals surface area contributed by atoms with Gasteiger partial charge in [0, 0.05) is 0 Å². The number of aryl methyl sites for hydroxylation is 1. The number of amides is 2. The van der Waals surface area contributed by atoms with Crippen LogP contribution in [-0.4, -0.2) is 31.6 Å². The number of hydrogen-bond donors (Lipinski definition) is 1. The van der Waals surface area contributed by atoms with Gasteiger partial charge in [0.2, 0.25) is 0 Å². The molecule has 1 saturated heterocycles. The van der Waals surface area contributed by atoms with Gasteiger partial charge < -0.3 is 14.2 Å². The van der Waals surface area contributed by atoms with Crippen molar-refractivity contribution < 1.29 is 23.8 Å². The molecule has 0 radical (unpaired) electrons. The molecule has 0 spiro atoms. The number of para-hydroxylation sites is 1. The van der Waals surface area contributed by atoms with Crippen molar-refractivity contribution in [1.82, 2.24) is 5.43 Å². The van der Waals surface area contributed by atoms with Gasteiger partial charge in [-0.25, -0.2) is 5.01 Å². The van der Waals surface area contributed by atoms with E-state index in [1.807, 2.05) is 44.2 Å². The molecule has 1 N–H and O–H groups in total. The average molecular weight is 537 g/mol. The molecule has 4 rings (SSSR count). The molecule has 2 amide bonds. The van der Waals surface area contributed by atoms with Crippen molar-refractivity contribution >= 4 is 39.5 Å². The van der Waals surface area contributed by atoms with Gasteiger partial charge >= 0.3 is 0 Å². The summed E-state index contributed by atoms with van der Waals surface area (Å²) in [5, 5.41) is 1.23. The van der Waals surface area contributed by atoms with Crippen molar-refractivity contribution in [1.29, 1.82) is 0 Å². The van der Waals surface area contributed by atoms with Crippen molar-refractivity contribution in [3.05, 3.63) is 87.9 Å². The molecule has 0 aliphatic carbocycles. The summed E-state index contributed by atoms with van der Waals surface area (Å²) in [7, 11) is 0. The highest BCUT2D eigenvalue weighted by Crippen LogP contribution is 2.38. The summed E-state index contributed by atoms with van der Waals surface area (Å²) < 4.78 is 18.1. The fourth-order valence-electron chi connectivity index (χ4n) is 3.49. The standard InChI is InChI=1S/C27H25BrN2O5/c1-3-33-24-17-19(15-22-26(31)29-30(27(22)32)20-7-5-4-6-8-20)16-23(28)25(24)35-14-13-34-21-11-9-18(2)10-12-21/h4-12,15-17H,3,13-14H2,1-2H3,(H,29,31). The summed E-state index contributed by atoms with van der Waals surface area (Å²) in [6.07, 6.45) is 1.54. The fourth-order valence-corrected chi connectivity index (χ4v) is 4.07. The molecule has 3 aromatic carbocycles. The Kier molecular flexibility index (Phi) is 7.72. The molecular weight excluding hydrogens is 512 g/mol. The second kappa shape index (κ2) is 11.1. The van der Waals surface area contributed by atoms with Gasteiger partial charge in [-0.15, -0.1) is 0 Å². The molecule has 1 heterocycles. The molecule has 180 valence electrons. The van der Waals surface area contributed by atoms with Crippen molar-refractivity contribution in [2.45, 2.75) is 13.8 Å². The largest absolute Gasteiger partial charge is 0.490 e. The van der Waals surface area contributed by atoms with E-state index in [9.17, 15) is 9.59 Å². The van der Waals surface area contributed by atoms with Crippen molar-refractivity contribution in [3.8, 4) is 17.2 Å². The Morgan fingerprint density at radius 2 is 1.66 bits per heavy atom. The van der Waals surface area contributed by atoms with E-state index in [-0.39, 0.29) is 5.57 Å². The van der Waals surface area contributed by atoms with Crippen LogP contribution in [0.15, 0.2) is 76.8 Å². The Balaban J connectivity index is 1.49. The van der Waals surface area contributed by atoms with E-state index in [1.54, 1.807) is 36.4 Å². The lowest BCUT2D eigenvalue weighted by molar-refractivity contribution is -0.117. The predicted molar refractivity (Wildman–Crippen MR) is 138 cm³/mol. The molecule has 1 aliphatic heterocycles. The van der Waals surface area contributed by atoms with Crippen LogP contribution < -0.4 is 24.6 Å². The zero-order valence-electron chi connectivity index (χ0n) is 19.4. The summed E-state index contributed by atoms with van der Waals surface area (Å²) in [6.45, 7) is 4.98. The highest BCUT2D eigenvalue weighted by molar-refractivity contribution is 9.10. The van der Waals surface area contributed by atoms with Crippen molar-refractivity contribution in [3.63, 3.8) is 0 Å². The van der Waals surface area contributed by atoms with E-state index in [2.05, 4.69) is 21.4 Å². The van der Waals surface area contributed by atoms with Crippen LogP contribution in [0.5, 0.6) is 17.2 Å². The molecule has 3 aromatic rings. The topological polar surface area (TPSA) is 77.1 Å². The normalized spacial score (nSPS) is 14.3. The summed E-state index contributed by atoms with van der Waals surface area (Å²) in [5.41, 5.74) is 5.01. The maximum absolute atomic E-state index is 12.9. The lowest BCUT2D eigenvalue weighted by Gasteiger charge is -2.15. The van der Waals surface area contributed by atoms with Crippen LogP contribution in [0.25, 0.3) is 6.08 Å². The third kappa shape index (κ3) is 5.84. The van der Waals surface area contributed by atoms with Gasteiger partial charge in [-0.2, -0.15) is 0 Å². The number of carbonyl (C=O) groups excluding carboxylic acids is 2. The molecule has 0 atom stereocenters. The Morgan fingerprint density at radius 3 is 2.37 bits per heavy atom. The highest BCUT2D eigenvalue weighted by atomic mass is 79.9. The number of ether oxygens (including phenoxy) is 3. The van der Waals surface area contributed by atoms with Crippen LogP contribution >= 0.6 is 15.9 Å².